The van der Waals surface area contributed by atoms with Crippen LogP contribution in [0.25, 0.3) is 10.1 Å². The Labute approximate surface area is 218 Å². The molecule has 1 aromatic carbocycles. The number of rotatable bonds is 8. The van der Waals surface area contributed by atoms with Gasteiger partial charge in [-0.25, -0.2) is 4.79 Å². The summed E-state index contributed by atoms with van der Waals surface area (Å²) in [6.45, 7) is 1.04. The van der Waals surface area contributed by atoms with Gasteiger partial charge in [-0.2, -0.15) is 5.06 Å². The molecule has 0 aliphatic carbocycles. The van der Waals surface area contributed by atoms with Crippen molar-refractivity contribution in [1.29, 1.82) is 0 Å². The number of piperazine rings is 1. The van der Waals surface area contributed by atoms with Crippen LogP contribution in [0.3, 0.4) is 0 Å². The second-order valence-electron chi connectivity index (χ2n) is 9.17. The van der Waals surface area contributed by atoms with Crippen LogP contribution < -0.4 is 11.1 Å². The van der Waals surface area contributed by atoms with Crippen LogP contribution in [0.2, 0.25) is 0 Å². The van der Waals surface area contributed by atoms with Crippen LogP contribution in [0, 0.1) is 0 Å². The van der Waals surface area contributed by atoms with Crippen LogP contribution in [0.4, 0.5) is 4.79 Å². The maximum atomic E-state index is 13.7. The fraction of sp³-hybridized carbons (Fsp3) is 0.385. The third kappa shape index (κ3) is 5.29. The van der Waals surface area contributed by atoms with Crippen molar-refractivity contribution in [1.82, 2.24) is 25.2 Å². The number of fused-ring (bicyclic) bond motifs is 2. The SMILES string of the molecule is NCCCCC1C(=O)N(Cc2csc3ccccc23)CC2N(C(=O)NCc3ccncc3)OCC(=O)N12. The first-order valence-corrected chi connectivity index (χ1v) is 13.3. The van der Waals surface area contributed by atoms with E-state index in [9.17, 15) is 14.4 Å². The molecule has 3 N–H and O–H groups in total. The van der Waals surface area contributed by atoms with Crippen molar-refractivity contribution < 1.29 is 19.2 Å². The number of pyridine rings is 1. The Kier molecular flexibility index (Phi) is 7.63. The van der Waals surface area contributed by atoms with E-state index in [0.29, 0.717) is 25.9 Å². The lowest BCUT2D eigenvalue weighted by atomic mass is 10.0. The predicted octanol–water partition coefficient (Wildman–Crippen LogP) is 2.45. The minimum Gasteiger partial charge on any atom is -0.332 e. The number of nitrogens with one attached hydrogen (secondary N) is 1. The van der Waals surface area contributed by atoms with E-state index in [1.165, 1.54) is 9.96 Å². The Balaban J connectivity index is 1.40. The zero-order valence-electron chi connectivity index (χ0n) is 20.4. The number of carbonyl (C=O) groups excluding carboxylic acids is 3. The Bertz CT molecular complexity index is 1270. The molecule has 0 bridgehead atoms. The second-order valence-corrected chi connectivity index (χ2v) is 10.1. The number of urea groups is 1. The number of aromatic nitrogens is 1. The molecule has 2 saturated heterocycles. The molecule has 37 heavy (non-hydrogen) atoms. The number of hydroxylamine groups is 2. The summed E-state index contributed by atoms with van der Waals surface area (Å²) >= 11 is 1.63. The fourth-order valence-electron chi connectivity index (χ4n) is 4.92. The molecule has 11 heteroatoms. The van der Waals surface area contributed by atoms with Gasteiger partial charge in [-0.3, -0.25) is 19.4 Å². The Morgan fingerprint density at radius 3 is 2.78 bits per heavy atom. The molecule has 4 amide bonds. The molecule has 0 radical (unpaired) electrons. The Hall–Kier alpha value is -3.54. The number of nitrogens with two attached hydrogens (primary N) is 1. The molecule has 2 aliphatic rings. The molecule has 5 rings (SSSR count). The van der Waals surface area contributed by atoms with Gasteiger partial charge in [0.25, 0.3) is 5.91 Å². The van der Waals surface area contributed by atoms with Crippen LogP contribution >= 0.6 is 11.3 Å². The number of unbranched alkanes of at least 4 members (excludes halogenated alkanes) is 1. The van der Waals surface area contributed by atoms with E-state index in [0.717, 1.165) is 27.6 Å². The lowest BCUT2D eigenvalue weighted by molar-refractivity contribution is -0.237. The Morgan fingerprint density at radius 1 is 1.16 bits per heavy atom. The van der Waals surface area contributed by atoms with Crippen molar-refractivity contribution in [2.24, 2.45) is 5.73 Å². The molecule has 0 saturated carbocycles. The van der Waals surface area contributed by atoms with Gasteiger partial charge in [0.2, 0.25) is 5.91 Å². The lowest BCUT2D eigenvalue weighted by Crippen LogP contribution is -2.72. The van der Waals surface area contributed by atoms with Crippen molar-refractivity contribution in [3.8, 4) is 0 Å². The summed E-state index contributed by atoms with van der Waals surface area (Å²) in [6, 6.07) is 10.6. The van der Waals surface area contributed by atoms with Crippen molar-refractivity contribution in [2.75, 3.05) is 19.7 Å². The molecule has 2 atom stereocenters. The van der Waals surface area contributed by atoms with Gasteiger partial charge in [0.05, 0.1) is 6.54 Å². The minimum absolute atomic E-state index is 0.115. The molecule has 2 fully saturated rings. The van der Waals surface area contributed by atoms with Gasteiger partial charge < -0.3 is 20.9 Å². The van der Waals surface area contributed by atoms with Crippen LogP contribution in [0.15, 0.2) is 54.2 Å². The van der Waals surface area contributed by atoms with E-state index < -0.39 is 18.2 Å². The number of hydrogen-bond donors (Lipinski definition) is 2. The third-order valence-electron chi connectivity index (χ3n) is 6.77. The molecule has 2 unspecified atom stereocenters. The molecule has 4 heterocycles. The van der Waals surface area contributed by atoms with E-state index >= 15 is 0 Å². The van der Waals surface area contributed by atoms with Gasteiger partial charge >= 0.3 is 6.03 Å². The number of nitrogens with zero attached hydrogens (tertiary/aromatic N) is 4. The summed E-state index contributed by atoms with van der Waals surface area (Å²) in [5, 5.41) is 7.24. The van der Waals surface area contributed by atoms with Crippen LogP contribution in [0.1, 0.15) is 30.4 Å². The summed E-state index contributed by atoms with van der Waals surface area (Å²) in [7, 11) is 0. The van der Waals surface area contributed by atoms with E-state index in [1.54, 1.807) is 28.6 Å². The summed E-state index contributed by atoms with van der Waals surface area (Å²) in [5.74, 6) is -0.411. The molecule has 2 aliphatic heterocycles. The lowest BCUT2D eigenvalue weighted by Gasteiger charge is -2.51. The maximum Gasteiger partial charge on any atom is 0.343 e. The number of thiophene rings is 1. The molecule has 0 spiro atoms. The van der Waals surface area contributed by atoms with E-state index in [1.807, 2.05) is 30.3 Å². The molecule has 3 aromatic rings. The van der Waals surface area contributed by atoms with Gasteiger partial charge in [0, 0.05) is 30.2 Å². The predicted molar refractivity (Wildman–Crippen MR) is 139 cm³/mol. The highest BCUT2D eigenvalue weighted by Crippen LogP contribution is 2.31. The summed E-state index contributed by atoms with van der Waals surface area (Å²) in [6.07, 6.45) is 4.51. The monoisotopic (exact) mass is 522 g/mol. The van der Waals surface area contributed by atoms with E-state index in [-0.39, 0.29) is 31.5 Å². The number of benzene rings is 1. The average Bonchev–Trinajstić information content (AvgIpc) is 3.33. The second kappa shape index (κ2) is 11.2. The first-order valence-electron chi connectivity index (χ1n) is 12.4. The van der Waals surface area contributed by atoms with Crippen molar-refractivity contribution in [2.45, 2.75) is 44.6 Å². The first kappa shape index (κ1) is 25.1. The summed E-state index contributed by atoms with van der Waals surface area (Å²) in [4.78, 5) is 52.8. The van der Waals surface area contributed by atoms with Crippen molar-refractivity contribution >= 4 is 39.3 Å². The highest BCUT2D eigenvalue weighted by atomic mass is 32.1. The van der Waals surface area contributed by atoms with Crippen molar-refractivity contribution in [3.63, 3.8) is 0 Å². The average molecular weight is 523 g/mol. The first-order chi connectivity index (χ1) is 18.1. The van der Waals surface area contributed by atoms with Crippen LogP contribution in [-0.4, -0.2) is 69.6 Å². The topological polar surface area (TPSA) is 121 Å². The van der Waals surface area contributed by atoms with Gasteiger partial charge in [0.15, 0.2) is 12.8 Å². The number of amides is 4. The van der Waals surface area contributed by atoms with E-state index in [2.05, 4.69) is 21.7 Å². The normalized spacial score (nSPS) is 19.9. The van der Waals surface area contributed by atoms with Crippen LogP contribution in [0.5, 0.6) is 0 Å². The van der Waals surface area contributed by atoms with Crippen LogP contribution in [-0.2, 0) is 27.5 Å². The van der Waals surface area contributed by atoms with E-state index in [4.69, 9.17) is 10.6 Å². The molecular weight excluding hydrogens is 492 g/mol. The fourth-order valence-corrected chi connectivity index (χ4v) is 5.88. The third-order valence-corrected chi connectivity index (χ3v) is 7.78. The largest absolute Gasteiger partial charge is 0.343 e. The molecule has 2 aromatic heterocycles. The molecular formula is C26H30N6O4S. The number of hydrogen-bond acceptors (Lipinski definition) is 7. The summed E-state index contributed by atoms with van der Waals surface area (Å²) < 4.78 is 1.15. The molecule has 10 nitrogen and oxygen atoms in total. The maximum absolute atomic E-state index is 13.7. The van der Waals surface area contributed by atoms with Gasteiger partial charge in [-0.05, 0) is 65.9 Å². The molecule has 194 valence electrons. The highest BCUT2D eigenvalue weighted by Gasteiger charge is 2.49. The number of carbonyl (C=O) groups is 3. The zero-order chi connectivity index (χ0) is 25.8. The quantitative estimate of drug-likeness (QED) is 0.439. The zero-order valence-corrected chi connectivity index (χ0v) is 21.2. The smallest absolute Gasteiger partial charge is 0.332 e. The van der Waals surface area contributed by atoms with Gasteiger partial charge in [-0.1, -0.05) is 18.2 Å². The van der Waals surface area contributed by atoms with Gasteiger partial charge in [-0.15, -0.1) is 11.3 Å². The standard InChI is InChI=1S/C26H30N6O4S/c27-10-4-3-6-21-25(34)30(14-19-17-37-22-7-2-1-5-20(19)22)15-23-31(21)24(33)16-36-32(23)26(35)29-13-18-8-11-28-12-9-18/h1-2,5,7-9,11-12,17,21,23H,3-4,6,10,13-16,27H2,(H,29,35). The van der Waals surface area contributed by atoms with Gasteiger partial charge in [0.1, 0.15) is 6.04 Å². The highest BCUT2D eigenvalue weighted by molar-refractivity contribution is 7.17. The Morgan fingerprint density at radius 2 is 1.97 bits per heavy atom. The summed E-state index contributed by atoms with van der Waals surface area (Å²) in [5.41, 5.74) is 7.62. The van der Waals surface area contributed by atoms with Crippen molar-refractivity contribution in [3.05, 3.63) is 65.3 Å². The minimum atomic E-state index is -0.732.